The molecule has 0 aliphatic rings. The number of hydrogen-bond donors (Lipinski definition) is 2. The van der Waals surface area contributed by atoms with Gasteiger partial charge in [-0.2, -0.15) is 0 Å². The minimum atomic E-state index is -0.463. The molecular weight excluding hydrogens is 352 g/mol. The lowest BCUT2D eigenvalue weighted by molar-refractivity contribution is -0.113. The van der Waals surface area contributed by atoms with Crippen molar-refractivity contribution in [3.05, 3.63) is 95.0 Å². The summed E-state index contributed by atoms with van der Waals surface area (Å²) in [6.45, 7) is 0. The molecule has 5 nitrogen and oxygen atoms in total. The van der Waals surface area contributed by atoms with Crippen molar-refractivity contribution in [3.8, 4) is 0 Å². The first-order chi connectivity index (χ1) is 12.6. The smallest absolute Gasteiger partial charge is 0.272 e. The first kappa shape index (κ1) is 17.5. The van der Waals surface area contributed by atoms with Gasteiger partial charge in [0, 0.05) is 22.3 Å². The van der Waals surface area contributed by atoms with E-state index < -0.39 is 11.8 Å². The maximum atomic E-state index is 12.6. The van der Waals surface area contributed by atoms with Crippen molar-refractivity contribution in [2.24, 2.45) is 0 Å². The first-order valence-corrected chi connectivity index (χ1v) is 8.18. The molecule has 130 valence electrons. The van der Waals surface area contributed by atoms with Crippen LogP contribution in [0.25, 0.3) is 6.08 Å². The Morgan fingerprint density at radius 3 is 2.31 bits per heavy atom. The molecule has 1 aromatic heterocycles. The highest BCUT2D eigenvalue weighted by molar-refractivity contribution is 6.30. The van der Waals surface area contributed by atoms with Crippen LogP contribution in [0.1, 0.15) is 16.1 Å². The van der Waals surface area contributed by atoms with Gasteiger partial charge in [0.2, 0.25) is 0 Å². The van der Waals surface area contributed by atoms with Crippen molar-refractivity contribution in [2.45, 2.75) is 0 Å². The van der Waals surface area contributed by atoms with Gasteiger partial charge in [0.15, 0.2) is 0 Å². The molecule has 0 saturated carbocycles. The van der Waals surface area contributed by atoms with Gasteiger partial charge in [0.05, 0.1) is 6.26 Å². The number of benzene rings is 2. The van der Waals surface area contributed by atoms with Crippen LogP contribution in [0.3, 0.4) is 0 Å². The van der Waals surface area contributed by atoms with Gasteiger partial charge in [-0.1, -0.05) is 29.8 Å². The van der Waals surface area contributed by atoms with E-state index in [1.54, 1.807) is 60.7 Å². The highest BCUT2D eigenvalue weighted by atomic mass is 35.5. The third-order valence-corrected chi connectivity index (χ3v) is 3.71. The van der Waals surface area contributed by atoms with Crippen molar-refractivity contribution in [1.82, 2.24) is 5.32 Å². The molecule has 3 aromatic rings. The summed E-state index contributed by atoms with van der Waals surface area (Å²) in [5, 5.41) is 5.88. The number of amides is 2. The van der Waals surface area contributed by atoms with Gasteiger partial charge in [-0.25, -0.2) is 0 Å². The Kier molecular flexibility index (Phi) is 5.51. The zero-order valence-corrected chi connectivity index (χ0v) is 14.4. The van der Waals surface area contributed by atoms with Crippen LogP contribution in [0.2, 0.25) is 5.02 Å². The molecular formula is C20H15ClN2O3. The molecule has 0 fully saturated rings. The van der Waals surface area contributed by atoms with Crippen LogP contribution < -0.4 is 10.6 Å². The highest BCUT2D eigenvalue weighted by Crippen LogP contribution is 2.13. The maximum absolute atomic E-state index is 12.6. The Bertz CT molecular complexity index is 917. The van der Waals surface area contributed by atoms with Crippen LogP contribution in [-0.4, -0.2) is 11.8 Å². The normalized spacial score (nSPS) is 11.0. The Labute approximate surface area is 155 Å². The third kappa shape index (κ3) is 4.62. The van der Waals surface area contributed by atoms with Gasteiger partial charge in [-0.15, -0.1) is 0 Å². The SMILES string of the molecule is O=C(Nc1ccccc1)/C(=C/c1ccco1)NC(=O)c1ccc(Cl)cc1. The first-order valence-electron chi connectivity index (χ1n) is 7.80. The number of carbonyl (C=O) groups excluding carboxylic acids is 2. The summed E-state index contributed by atoms with van der Waals surface area (Å²) in [6.07, 6.45) is 2.95. The molecule has 6 heteroatoms. The summed E-state index contributed by atoms with van der Waals surface area (Å²) >= 11 is 5.84. The van der Waals surface area contributed by atoms with E-state index in [2.05, 4.69) is 10.6 Å². The molecule has 0 unspecified atom stereocenters. The topological polar surface area (TPSA) is 71.3 Å². The second kappa shape index (κ2) is 8.18. The number of nitrogens with one attached hydrogen (secondary N) is 2. The average Bonchev–Trinajstić information content (AvgIpc) is 3.15. The molecule has 1 heterocycles. The Hall–Kier alpha value is -3.31. The second-order valence-electron chi connectivity index (χ2n) is 5.35. The number of halogens is 1. The predicted molar refractivity (Wildman–Crippen MR) is 101 cm³/mol. The van der Waals surface area contributed by atoms with Crippen molar-refractivity contribution >= 4 is 35.2 Å². The summed E-state index contributed by atoms with van der Waals surface area (Å²) in [5.74, 6) is -0.447. The largest absolute Gasteiger partial charge is 0.465 e. The molecule has 0 bridgehead atoms. The number of para-hydroxylation sites is 1. The van der Waals surface area contributed by atoms with E-state index in [9.17, 15) is 9.59 Å². The summed E-state index contributed by atoms with van der Waals surface area (Å²) in [5.41, 5.74) is 1.06. The number of rotatable bonds is 5. The number of furan rings is 1. The summed E-state index contributed by atoms with van der Waals surface area (Å²) in [6, 6.07) is 18.7. The fourth-order valence-corrected chi connectivity index (χ4v) is 2.32. The maximum Gasteiger partial charge on any atom is 0.272 e. The summed E-state index contributed by atoms with van der Waals surface area (Å²) < 4.78 is 5.24. The molecule has 0 aliphatic carbocycles. The number of hydrogen-bond acceptors (Lipinski definition) is 3. The van der Waals surface area contributed by atoms with Crippen LogP contribution >= 0.6 is 11.6 Å². The van der Waals surface area contributed by atoms with Crippen LogP contribution in [-0.2, 0) is 4.79 Å². The lowest BCUT2D eigenvalue weighted by Crippen LogP contribution is -2.30. The molecule has 0 radical (unpaired) electrons. The summed E-state index contributed by atoms with van der Waals surface area (Å²) in [7, 11) is 0. The number of anilines is 1. The van der Waals surface area contributed by atoms with Gasteiger partial charge in [-0.3, -0.25) is 9.59 Å². The molecule has 2 N–H and O–H groups in total. The van der Waals surface area contributed by atoms with Gasteiger partial charge < -0.3 is 15.1 Å². The molecule has 0 spiro atoms. The van der Waals surface area contributed by atoms with E-state index in [1.165, 1.54) is 12.3 Å². The van der Waals surface area contributed by atoms with Gasteiger partial charge in [0.25, 0.3) is 11.8 Å². The third-order valence-electron chi connectivity index (χ3n) is 3.46. The average molecular weight is 367 g/mol. The molecule has 26 heavy (non-hydrogen) atoms. The molecule has 3 rings (SSSR count). The Morgan fingerprint density at radius 1 is 0.923 bits per heavy atom. The Balaban J connectivity index is 1.82. The van der Waals surface area contributed by atoms with Gasteiger partial charge in [0.1, 0.15) is 11.5 Å². The van der Waals surface area contributed by atoms with E-state index in [0.29, 0.717) is 22.0 Å². The van der Waals surface area contributed by atoms with E-state index in [-0.39, 0.29) is 5.70 Å². The van der Waals surface area contributed by atoms with Crippen LogP contribution in [0.15, 0.2) is 83.1 Å². The molecule has 2 aromatic carbocycles. The summed E-state index contributed by atoms with van der Waals surface area (Å²) in [4.78, 5) is 25.0. The van der Waals surface area contributed by atoms with Crippen molar-refractivity contribution in [2.75, 3.05) is 5.32 Å². The second-order valence-corrected chi connectivity index (χ2v) is 5.79. The quantitative estimate of drug-likeness (QED) is 0.660. The van der Waals surface area contributed by atoms with Crippen molar-refractivity contribution < 1.29 is 14.0 Å². The molecule has 0 aliphatic heterocycles. The standard InChI is InChI=1S/C20H15ClN2O3/c21-15-10-8-14(9-11-15)19(24)23-18(13-17-7-4-12-26-17)20(25)22-16-5-2-1-3-6-16/h1-13H,(H,22,25)(H,23,24)/b18-13-. The Morgan fingerprint density at radius 2 is 1.65 bits per heavy atom. The van der Waals surface area contributed by atoms with E-state index in [4.69, 9.17) is 16.0 Å². The predicted octanol–water partition coefficient (Wildman–Crippen LogP) is 4.34. The monoisotopic (exact) mass is 366 g/mol. The highest BCUT2D eigenvalue weighted by Gasteiger charge is 2.15. The van der Waals surface area contributed by atoms with E-state index >= 15 is 0 Å². The minimum Gasteiger partial charge on any atom is -0.465 e. The zero-order chi connectivity index (χ0) is 18.4. The zero-order valence-electron chi connectivity index (χ0n) is 13.6. The molecule has 0 atom stereocenters. The fraction of sp³-hybridized carbons (Fsp3) is 0. The lowest BCUT2D eigenvalue weighted by atomic mass is 10.2. The minimum absolute atomic E-state index is 0.0590. The van der Waals surface area contributed by atoms with Gasteiger partial charge >= 0.3 is 0 Å². The van der Waals surface area contributed by atoms with Crippen molar-refractivity contribution in [1.29, 1.82) is 0 Å². The fourth-order valence-electron chi connectivity index (χ4n) is 2.19. The van der Waals surface area contributed by atoms with E-state index in [0.717, 1.165) is 0 Å². The lowest BCUT2D eigenvalue weighted by Gasteiger charge is -2.11. The van der Waals surface area contributed by atoms with Crippen LogP contribution in [0.5, 0.6) is 0 Å². The van der Waals surface area contributed by atoms with Crippen LogP contribution in [0.4, 0.5) is 5.69 Å². The number of carbonyl (C=O) groups is 2. The van der Waals surface area contributed by atoms with Crippen molar-refractivity contribution in [3.63, 3.8) is 0 Å². The van der Waals surface area contributed by atoms with Crippen LogP contribution in [0, 0.1) is 0 Å². The van der Waals surface area contributed by atoms with E-state index in [1.807, 2.05) is 6.07 Å². The molecule has 2 amide bonds. The van der Waals surface area contributed by atoms with Gasteiger partial charge in [-0.05, 0) is 48.5 Å². The molecule has 0 saturated heterocycles.